The van der Waals surface area contributed by atoms with E-state index in [-0.39, 0.29) is 0 Å². The Labute approximate surface area is 258 Å². The molecule has 0 spiro atoms. The van der Waals surface area contributed by atoms with Crippen molar-refractivity contribution in [3.05, 3.63) is 71.3 Å². The standard InChI is InChI=1S/C38H40N6/c1-4-7-9-11-13-25-16-19-28-31(22-25)44-38-34(40-28)36-33(39-27-18-15-24(6-3)21-30(27)42-36)37-35(38)41-29-20-17-26(23-32(29)43-37)14-12-10-8-5-2/h15-23H,4-14H2,1-3H3. The summed E-state index contributed by atoms with van der Waals surface area (Å²) in [6.45, 7) is 6.66. The molecule has 222 valence electrons. The molecule has 0 N–H and O–H groups in total. The average Bonchev–Trinajstić information content (AvgIpc) is 3.06. The van der Waals surface area contributed by atoms with Gasteiger partial charge < -0.3 is 0 Å². The largest absolute Gasteiger partial charge is 0.242 e. The lowest BCUT2D eigenvalue weighted by atomic mass is 10.0. The van der Waals surface area contributed by atoms with E-state index in [9.17, 15) is 0 Å². The zero-order valence-corrected chi connectivity index (χ0v) is 26.2. The van der Waals surface area contributed by atoms with Gasteiger partial charge in [0, 0.05) is 0 Å². The fraction of sp³-hybridized carbons (Fsp3) is 0.368. The van der Waals surface area contributed by atoms with Crippen molar-refractivity contribution in [3.63, 3.8) is 0 Å². The van der Waals surface area contributed by atoms with Crippen molar-refractivity contribution in [3.8, 4) is 0 Å². The molecule has 3 aromatic heterocycles. The highest BCUT2D eigenvalue weighted by Gasteiger charge is 2.19. The van der Waals surface area contributed by atoms with Crippen molar-refractivity contribution in [2.45, 2.75) is 91.4 Å². The van der Waals surface area contributed by atoms with Gasteiger partial charge in [0.1, 0.15) is 33.1 Å². The summed E-state index contributed by atoms with van der Waals surface area (Å²) in [5.41, 5.74) is 13.4. The van der Waals surface area contributed by atoms with E-state index in [1.165, 1.54) is 68.1 Å². The third-order valence-corrected chi connectivity index (χ3v) is 8.91. The minimum absolute atomic E-state index is 0.730. The van der Waals surface area contributed by atoms with Crippen LogP contribution in [0.1, 0.15) is 88.8 Å². The normalized spacial score (nSPS) is 12.1. The molecule has 0 saturated carbocycles. The van der Waals surface area contributed by atoms with Gasteiger partial charge in [-0.2, -0.15) is 0 Å². The summed E-state index contributed by atoms with van der Waals surface area (Å²) >= 11 is 0. The molecule has 0 fully saturated rings. The zero-order valence-electron chi connectivity index (χ0n) is 26.2. The van der Waals surface area contributed by atoms with E-state index in [1.54, 1.807) is 0 Å². The van der Waals surface area contributed by atoms with Crippen LogP contribution in [0.15, 0.2) is 54.6 Å². The van der Waals surface area contributed by atoms with Crippen LogP contribution in [0.2, 0.25) is 0 Å². The number of benzene rings is 4. The van der Waals surface area contributed by atoms with Crippen LogP contribution in [0.4, 0.5) is 0 Å². The number of nitrogens with zero attached hydrogens (tertiary/aromatic N) is 6. The Balaban J connectivity index is 1.46. The number of hydrogen-bond donors (Lipinski definition) is 0. The summed E-state index contributed by atoms with van der Waals surface area (Å²) in [7, 11) is 0. The van der Waals surface area contributed by atoms with Crippen LogP contribution in [0, 0.1) is 0 Å². The summed E-state index contributed by atoms with van der Waals surface area (Å²) < 4.78 is 0. The van der Waals surface area contributed by atoms with Gasteiger partial charge in [0.15, 0.2) is 0 Å². The van der Waals surface area contributed by atoms with Crippen molar-refractivity contribution < 1.29 is 0 Å². The minimum atomic E-state index is 0.730. The van der Waals surface area contributed by atoms with E-state index < -0.39 is 0 Å². The smallest absolute Gasteiger partial charge is 0.120 e. The summed E-state index contributed by atoms with van der Waals surface area (Å²) in [6.07, 6.45) is 13.0. The predicted molar refractivity (Wildman–Crippen MR) is 183 cm³/mol. The van der Waals surface area contributed by atoms with Crippen molar-refractivity contribution in [2.24, 2.45) is 0 Å². The average molecular weight is 581 g/mol. The van der Waals surface area contributed by atoms with Crippen LogP contribution in [-0.4, -0.2) is 29.9 Å². The van der Waals surface area contributed by atoms with E-state index in [4.69, 9.17) is 29.9 Å². The van der Waals surface area contributed by atoms with E-state index in [1.807, 2.05) is 0 Å². The Morgan fingerprint density at radius 1 is 0.364 bits per heavy atom. The van der Waals surface area contributed by atoms with Crippen LogP contribution in [0.25, 0.3) is 66.2 Å². The van der Waals surface area contributed by atoms with Crippen molar-refractivity contribution in [1.29, 1.82) is 0 Å². The topological polar surface area (TPSA) is 77.3 Å². The molecule has 0 aliphatic heterocycles. The molecule has 44 heavy (non-hydrogen) atoms. The van der Waals surface area contributed by atoms with E-state index in [0.717, 1.165) is 85.5 Å². The molecule has 6 nitrogen and oxygen atoms in total. The monoisotopic (exact) mass is 580 g/mol. The van der Waals surface area contributed by atoms with E-state index in [0.29, 0.717) is 0 Å². The van der Waals surface area contributed by atoms with Gasteiger partial charge in [-0.1, -0.05) is 77.5 Å². The SMILES string of the molecule is CCCCCCc1ccc2nc3c(nc2c1)c1nc2ccc(CC)cc2nc1c1nc2ccc(CCCCCC)cc2nc13. The molecule has 0 saturated heterocycles. The van der Waals surface area contributed by atoms with Crippen molar-refractivity contribution >= 4 is 66.2 Å². The van der Waals surface area contributed by atoms with Gasteiger partial charge >= 0.3 is 0 Å². The van der Waals surface area contributed by atoms with Gasteiger partial charge in [-0.05, 0) is 85.2 Å². The Kier molecular flexibility index (Phi) is 7.99. The third-order valence-electron chi connectivity index (χ3n) is 8.91. The van der Waals surface area contributed by atoms with Crippen LogP contribution in [-0.2, 0) is 19.3 Å². The number of unbranched alkanes of at least 4 members (excludes halogenated alkanes) is 6. The number of fused-ring (bicyclic) bond motifs is 9. The summed E-state index contributed by atoms with van der Waals surface area (Å²) in [4.78, 5) is 31.1. The van der Waals surface area contributed by atoms with E-state index in [2.05, 4.69) is 75.4 Å². The van der Waals surface area contributed by atoms with Crippen LogP contribution < -0.4 is 0 Å². The Hall–Kier alpha value is -4.32. The predicted octanol–water partition coefficient (Wildman–Crippen LogP) is 9.78. The molecule has 4 aromatic carbocycles. The lowest BCUT2D eigenvalue weighted by molar-refractivity contribution is 0.667. The van der Waals surface area contributed by atoms with Gasteiger partial charge in [-0.3, -0.25) is 0 Å². The summed E-state index contributed by atoms with van der Waals surface area (Å²) in [6, 6.07) is 19.3. The number of hydrogen-bond acceptors (Lipinski definition) is 6. The molecule has 0 unspecified atom stereocenters. The molecule has 6 heteroatoms. The fourth-order valence-electron chi connectivity index (χ4n) is 6.33. The van der Waals surface area contributed by atoms with Gasteiger partial charge in [0.05, 0.1) is 33.1 Å². The molecule has 0 bridgehead atoms. The third kappa shape index (κ3) is 5.42. The first kappa shape index (κ1) is 28.5. The van der Waals surface area contributed by atoms with Crippen molar-refractivity contribution in [1.82, 2.24) is 29.9 Å². The molecule has 7 aromatic rings. The van der Waals surface area contributed by atoms with Crippen molar-refractivity contribution in [2.75, 3.05) is 0 Å². The van der Waals surface area contributed by atoms with Gasteiger partial charge in [-0.25, -0.2) is 29.9 Å². The molecule has 0 atom stereocenters. The molecular formula is C38H40N6. The minimum Gasteiger partial charge on any atom is -0.242 e. The maximum atomic E-state index is 5.22. The Bertz CT molecular complexity index is 2090. The summed E-state index contributed by atoms with van der Waals surface area (Å²) in [5, 5.41) is 0. The second-order valence-corrected chi connectivity index (χ2v) is 12.2. The maximum Gasteiger partial charge on any atom is 0.120 e. The Morgan fingerprint density at radius 3 is 1.07 bits per heavy atom. The molecule has 3 heterocycles. The lowest BCUT2D eigenvalue weighted by Crippen LogP contribution is -2.00. The highest BCUT2D eigenvalue weighted by Crippen LogP contribution is 2.33. The highest BCUT2D eigenvalue weighted by atomic mass is 14.9. The highest BCUT2D eigenvalue weighted by molar-refractivity contribution is 6.20. The Morgan fingerprint density at radius 2 is 0.705 bits per heavy atom. The molecule has 0 amide bonds. The van der Waals surface area contributed by atoms with Gasteiger partial charge in [0.25, 0.3) is 0 Å². The van der Waals surface area contributed by atoms with Gasteiger partial charge in [-0.15, -0.1) is 0 Å². The van der Waals surface area contributed by atoms with E-state index >= 15 is 0 Å². The lowest BCUT2D eigenvalue weighted by Gasteiger charge is -2.11. The quantitative estimate of drug-likeness (QED) is 0.0861. The molecule has 0 radical (unpaired) electrons. The number of aryl methyl sites for hydroxylation is 3. The molecule has 7 rings (SSSR count). The zero-order chi connectivity index (χ0) is 30.0. The second kappa shape index (κ2) is 12.4. The number of rotatable bonds is 11. The first-order chi connectivity index (χ1) is 21.6. The molecule has 0 aliphatic carbocycles. The van der Waals surface area contributed by atoms with Gasteiger partial charge in [0.2, 0.25) is 0 Å². The molecule has 0 aliphatic rings. The summed E-state index contributed by atoms with van der Waals surface area (Å²) in [5.74, 6) is 0. The maximum absolute atomic E-state index is 5.22. The first-order valence-corrected chi connectivity index (χ1v) is 16.6. The first-order valence-electron chi connectivity index (χ1n) is 16.6. The second-order valence-electron chi connectivity index (χ2n) is 12.2. The molecular weight excluding hydrogens is 540 g/mol. The fourth-order valence-corrected chi connectivity index (χ4v) is 6.33. The number of aromatic nitrogens is 6. The van der Waals surface area contributed by atoms with Crippen LogP contribution in [0.3, 0.4) is 0 Å². The van der Waals surface area contributed by atoms with Crippen LogP contribution >= 0.6 is 0 Å². The van der Waals surface area contributed by atoms with Crippen LogP contribution in [0.5, 0.6) is 0 Å².